The van der Waals surface area contributed by atoms with Crippen LogP contribution in [0.5, 0.6) is 0 Å². The molecule has 0 radical (unpaired) electrons. The summed E-state index contributed by atoms with van der Waals surface area (Å²) < 4.78 is 40.6. The highest BCUT2D eigenvalue weighted by molar-refractivity contribution is 5.46. The summed E-state index contributed by atoms with van der Waals surface area (Å²) in [4.78, 5) is 3.95. The van der Waals surface area contributed by atoms with Crippen LogP contribution in [-0.2, 0) is 0 Å². The number of pyridine rings is 1. The molecule has 3 N–H and O–H groups in total. The third-order valence-corrected chi connectivity index (χ3v) is 3.16. The van der Waals surface area contributed by atoms with Gasteiger partial charge in [-0.3, -0.25) is 0 Å². The lowest BCUT2D eigenvalue weighted by Crippen LogP contribution is -2.25. The highest BCUT2D eigenvalue weighted by Gasteiger charge is 2.23. The number of aromatic nitrogens is 1. The largest absolute Gasteiger partial charge is 0.383 e. The van der Waals surface area contributed by atoms with E-state index in [0.717, 1.165) is 12.5 Å². The summed E-state index contributed by atoms with van der Waals surface area (Å²) in [5.41, 5.74) is 6.33. The van der Waals surface area contributed by atoms with Crippen LogP contribution in [0.1, 0.15) is 30.5 Å². The normalized spacial score (nSPS) is 12.4. The topological polar surface area (TPSA) is 50.9 Å². The van der Waals surface area contributed by atoms with E-state index in [0.29, 0.717) is 12.1 Å². The van der Waals surface area contributed by atoms with E-state index in [1.165, 1.54) is 12.3 Å². The van der Waals surface area contributed by atoms with Crippen LogP contribution in [0.4, 0.5) is 19.0 Å². The van der Waals surface area contributed by atoms with E-state index < -0.39 is 23.5 Å². The number of hydrogen-bond acceptors (Lipinski definition) is 3. The molecule has 0 fully saturated rings. The van der Waals surface area contributed by atoms with Crippen molar-refractivity contribution < 1.29 is 13.2 Å². The van der Waals surface area contributed by atoms with E-state index in [-0.39, 0.29) is 11.4 Å². The number of hydrogen-bond donors (Lipinski definition) is 2. The number of anilines is 1. The number of nitrogen functional groups attached to an aromatic ring is 1. The molecule has 1 atom stereocenters. The molecule has 3 nitrogen and oxygen atoms in total. The van der Waals surface area contributed by atoms with Crippen LogP contribution >= 0.6 is 0 Å². The van der Waals surface area contributed by atoms with Crippen molar-refractivity contribution >= 4 is 5.82 Å². The summed E-state index contributed by atoms with van der Waals surface area (Å²) >= 11 is 0. The Kier molecular flexibility index (Phi) is 4.80. The zero-order chi connectivity index (χ0) is 15.4. The average molecular weight is 295 g/mol. The predicted octanol–water partition coefficient (Wildman–Crippen LogP) is 3.17. The van der Waals surface area contributed by atoms with Crippen molar-refractivity contribution in [3.63, 3.8) is 0 Å². The maximum Gasteiger partial charge on any atom is 0.194 e. The molecular formula is C15H16F3N3. The number of nitrogens with zero attached hydrogens (tertiary/aromatic N) is 1. The minimum atomic E-state index is -1.49. The van der Waals surface area contributed by atoms with Gasteiger partial charge < -0.3 is 11.1 Å². The lowest BCUT2D eigenvalue weighted by Gasteiger charge is -2.21. The van der Waals surface area contributed by atoms with Gasteiger partial charge in [0.1, 0.15) is 5.82 Å². The molecule has 0 aliphatic carbocycles. The van der Waals surface area contributed by atoms with Crippen LogP contribution in [0.15, 0.2) is 30.5 Å². The molecule has 0 saturated carbocycles. The van der Waals surface area contributed by atoms with E-state index >= 15 is 0 Å². The van der Waals surface area contributed by atoms with Crippen LogP contribution in [0.3, 0.4) is 0 Å². The van der Waals surface area contributed by atoms with Gasteiger partial charge in [0.25, 0.3) is 0 Å². The lowest BCUT2D eigenvalue weighted by molar-refractivity contribution is 0.432. The van der Waals surface area contributed by atoms with Crippen molar-refractivity contribution in [1.82, 2.24) is 10.3 Å². The van der Waals surface area contributed by atoms with Crippen molar-refractivity contribution in [2.45, 2.75) is 19.4 Å². The van der Waals surface area contributed by atoms with E-state index in [1.807, 2.05) is 6.92 Å². The number of nitrogens with one attached hydrogen (secondary N) is 1. The lowest BCUT2D eigenvalue weighted by atomic mass is 9.98. The SMILES string of the molecule is CCCNC(c1cccnc1N)c1ccc(F)c(F)c1F. The van der Waals surface area contributed by atoms with Gasteiger partial charge in [-0.2, -0.15) is 0 Å². The van der Waals surface area contributed by atoms with Crippen molar-refractivity contribution in [2.24, 2.45) is 0 Å². The number of halogens is 3. The first-order valence-corrected chi connectivity index (χ1v) is 6.63. The quantitative estimate of drug-likeness (QED) is 0.833. The Labute approximate surface area is 121 Å². The molecule has 1 unspecified atom stereocenters. The fourth-order valence-corrected chi connectivity index (χ4v) is 2.11. The molecule has 6 heteroatoms. The Morgan fingerprint density at radius 1 is 1.14 bits per heavy atom. The maximum absolute atomic E-state index is 14.0. The molecule has 0 aliphatic rings. The monoisotopic (exact) mass is 295 g/mol. The number of benzene rings is 1. The summed E-state index contributed by atoms with van der Waals surface area (Å²) in [6.45, 7) is 2.51. The first-order chi connectivity index (χ1) is 10.1. The van der Waals surface area contributed by atoms with Gasteiger partial charge in [0.2, 0.25) is 0 Å². The highest BCUT2D eigenvalue weighted by atomic mass is 19.2. The van der Waals surface area contributed by atoms with Crippen LogP contribution < -0.4 is 11.1 Å². The second-order valence-electron chi connectivity index (χ2n) is 4.63. The van der Waals surface area contributed by atoms with Gasteiger partial charge in [-0.1, -0.05) is 19.1 Å². The first kappa shape index (κ1) is 15.3. The third-order valence-electron chi connectivity index (χ3n) is 3.16. The molecule has 2 aromatic rings. The minimum Gasteiger partial charge on any atom is -0.383 e. The highest BCUT2D eigenvalue weighted by Crippen LogP contribution is 2.29. The molecule has 2 rings (SSSR count). The standard InChI is InChI=1S/C15H16F3N3/c1-2-7-20-14(10-4-3-8-21-15(10)19)9-5-6-11(16)13(18)12(9)17/h3-6,8,14,20H,2,7H2,1H3,(H2,19,21). The zero-order valence-electron chi connectivity index (χ0n) is 11.5. The van der Waals surface area contributed by atoms with Gasteiger partial charge in [-0.25, -0.2) is 18.2 Å². The number of rotatable bonds is 5. The molecule has 1 heterocycles. The zero-order valence-corrected chi connectivity index (χ0v) is 11.5. The molecule has 1 aromatic carbocycles. The summed E-state index contributed by atoms with van der Waals surface area (Å²) in [6.07, 6.45) is 2.30. The smallest absolute Gasteiger partial charge is 0.194 e. The molecule has 0 saturated heterocycles. The van der Waals surface area contributed by atoms with Crippen LogP contribution in [-0.4, -0.2) is 11.5 Å². The summed E-state index contributed by atoms with van der Waals surface area (Å²) in [5.74, 6) is -3.70. The Morgan fingerprint density at radius 3 is 2.57 bits per heavy atom. The van der Waals surface area contributed by atoms with Gasteiger partial charge in [0, 0.05) is 17.3 Å². The van der Waals surface area contributed by atoms with Gasteiger partial charge >= 0.3 is 0 Å². The molecule has 0 amide bonds. The molecule has 112 valence electrons. The van der Waals surface area contributed by atoms with Crippen molar-refractivity contribution in [3.05, 3.63) is 59.0 Å². The van der Waals surface area contributed by atoms with Gasteiger partial charge in [-0.15, -0.1) is 0 Å². The maximum atomic E-state index is 14.0. The molecule has 0 spiro atoms. The Morgan fingerprint density at radius 2 is 1.90 bits per heavy atom. The Bertz CT molecular complexity index is 632. The van der Waals surface area contributed by atoms with Gasteiger partial charge in [0.15, 0.2) is 17.5 Å². The second-order valence-corrected chi connectivity index (χ2v) is 4.63. The third kappa shape index (κ3) is 3.16. The van der Waals surface area contributed by atoms with Crippen LogP contribution in [0, 0.1) is 17.5 Å². The fourth-order valence-electron chi connectivity index (χ4n) is 2.11. The van der Waals surface area contributed by atoms with E-state index in [2.05, 4.69) is 10.3 Å². The van der Waals surface area contributed by atoms with Gasteiger partial charge in [0.05, 0.1) is 6.04 Å². The molecule has 0 aliphatic heterocycles. The predicted molar refractivity (Wildman–Crippen MR) is 75.1 cm³/mol. The summed E-state index contributed by atoms with van der Waals surface area (Å²) in [7, 11) is 0. The van der Waals surface area contributed by atoms with E-state index in [9.17, 15) is 13.2 Å². The molecule has 21 heavy (non-hydrogen) atoms. The van der Waals surface area contributed by atoms with E-state index in [1.54, 1.807) is 12.1 Å². The van der Waals surface area contributed by atoms with Crippen molar-refractivity contribution in [3.8, 4) is 0 Å². The fraction of sp³-hybridized carbons (Fsp3) is 0.267. The first-order valence-electron chi connectivity index (χ1n) is 6.63. The molecular weight excluding hydrogens is 279 g/mol. The number of nitrogens with two attached hydrogens (primary N) is 1. The summed E-state index contributed by atoms with van der Waals surface area (Å²) in [5, 5.41) is 3.08. The average Bonchev–Trinajstić information content (AvgIpc) is 2.48. The van der Waals surface area contributed by atoms with Crippen LogP contribution in [0.2, 0.25) is 0 Å². The Balaban J connectivity index is 2.51. The Hall–Kier alpha value is -2.08. The van der Waals surface area contributed by atoms with E-state index in [4.69, 9.17) is 5.73 Å². The minimum absolute atomic E-state index is 0.00190. The molecule has 1 aromatic heterocycles. The van der Waals surface area contributed by atoms with Gasteiger partial charge in [-0.05, 0) is 25.1 Å². The molecule has 0 bridgehead atoms. The van der Waals surface area contributed by atoms with Crippen LogP contribution in [0.25, 0.3) is 0 Å². The van der Waals surface area contributed by atoms with Crippen molar-refractivity contribution in [2.75, 3.05) is 12.3 Å². The van der Waals surface area contributed by atoms with Crippen molar-refractivity contribution in [1.29, 1.82) is 0 Å². The summed E-state index contributed by atoms with van der Waals surface area (Å²) in [6, 6.07) is 4.77. The second kappa shape index (κ2) is 6.58.